The number of aliphatic hydroxyl groups is 1. The number of pyridine rings is 1. The predicted octanol–water partition coefficient (Wildman–Crippen LogP) is 5.53. The number of nitrogen functional groups attached to an aromatic ring is 1. The number of amides is 1. The Morgan fingerprint density at radius 3 is 2.22 bits per heavy atom. The van der Waals surface area contributed by atoms with Crippen LogP contribution in [0.1, 0.15) is 65.2 Å². The van der Waals surface area contributed by atoms with Crippen LogP contribution in [0.25, 0.3) is 0 Å². The average molecular weight is 464 g/mol. The number of ether oxygens (including phenoxy) is 1. The molecular weight excluding hydrogens is 422 g/mol. The lowest BCUT2D eigenvalue weighted by molar-refractivity contribution is -0.00711. The van der Waals surface area contributed by atoms with E-state index in [4.69, 9.17) is 10.5 Å². The van der Waals surface area contributed by atoms with Gasteiger partial charge in [-0.1, -0.05) is 57.2 Å². The van der Waals surface area contributed by atoms with E-state index in [0.29, 0.717) is 25.2 Å². The van der Waals surface area contributed by atoms with Crippen molar-refractivity contribution in [2.75, 3.05) is 18.5 Å². The Bertz CT molecular complexity index is 749. The maximum atomic E-state index is 12.9. The number of aromatic nitrogens is 1. The van der Waals surface area contributed by atoms with Crippen LogP contribution < -0.4 is 5.73 Å². The normalized spacial score (nSPS) is 12.3. The maximum absolute atomic E-state index is 12.9. The number of aliphatic hydroxyl groups excluding tert-OH is 1. The lowest BCUT2D eigenvalue weighted by atomic mass is 9.98. The van der Waals surface area contributed by atoms with Gasteiger partial charge in [0.25, 0.3) is 0 Å². The molecule has 3 N–H and O–H groups in total. The Labute approximate surface area is 199 Å². The van der Waals surface area contributed by atoms with E-state index in [0.717, 1.165) is 11.1 Å². The van der Waals surface area contributed by atoms with Gasteiger partial charge in [-0.25, -0.2) is 9.78 Å². The molecule has 6 nitrogen and oxygen atoms in total. The lowest BCUT2D eigenvalue weighted by Crippen LogP contribution is -2.47. The van der Waals surface area contributed by atoms with Crippen LogP contribution in [-0.4, -0.2) is 45.5 Å². The van der Waals surface area contributed by atoms with Crippen LogP contribution in [0.4, 0.5) is 10.6 Å². The molecule has 1 unspecified atom stereocenters. The molecule has 1 heterocycles. The number of carbonyl (C=O) groups is 1. The second-order valence-corrected chi connectivity index (χ2v) is 7.85. The summed E-state index contributed by atoms with van der Waals surface area (Å²) in [5.41, 5.74) is 6.77. The molecule has 180 valence electrons. The molecule has 2 atom stereocenters. The van der Waals surface area contributed by atoms with Crippen molar-refractivity contribution in [3.63, 3.8) is 0 Å². The van der Waals surface area contributed by atoms with E-state index >= 15 is 0 Å². The van der Waals surface area contributed by atoms with Gasteiger partial charge in [0.2, 0.25) is 0 Å². The van der Waals surface area contributed by atoms with Crippen LogP contribution >= 0.6 is 12.6 Å². The van der Waals surface area contributed by atoms with E-state index in [-0.39, 0.29) is 0 Å². The molecule has 32 heavy (non-hydrogen) atoms. The van der Waals surface area contributed by atoms with Crippen LogP contribution in [0, 0.1) is 0 Å². The summed E-state index contributed by atoms with van der Waals surface area (Å²) in [6.45, 7) is 11.9. The minimum atomic E-state index is -0.803. The molecule has 1 amide bonds. The van der Waals surface area contributed by atoms with Gasteiger partial charge in [0.05, 0.1) is 12.1 Å². The van der Waals surface area contributed by atoms with Gasteiger partial charge in [-0.05, 0) is 57.1 Å². The number of nitrogens with zero attached hydrogens (tertiary/aromatic N) is 2. The van der Waals surface area contributed by atoms with Gasteiger partial charge in [0.1, 0.15) is 11.4 Å². The lowest BCUT2D eigenvalue weighted by Gasteiger charge is -2.36. The first-order valence-corrected chi connectivity index (χ1v) is 12.0. The molecule has 0 saturated heterocycles. The van der Waals surface area contributed by atoms with E-state index in [1.807, 2.05) is 77.9 Å². The topological polar surface area (TPSA) is 88.7 Å². The summed E-state index contributed by atoms with van der Waals surface area (Å²) < 4.78 is 5.62. The van der Waals surface area contributed by atoms with Crippen molar-refractivity contribution in [1.82, 2.24) is 9.88 Å². The van der Waals surface area contributed by atoms with Crippen molar-refractivity contribution in [3.05, 3.63) is 59.8 Å². The minimum Gasteiger partial charge on any atom is -0.444 e. The molecular formula is C25H41N3O3S. The number of carbonyl (C=O) groups excluding carboxylic acids is 1. The summed E-state index contributed by atoms with van der Waals surface area (Å²) >= 11 is 3.53. The molecule has 7 heteroatoms. The third-order valence-corrected chi connectivity index (χ3v) is 4.44. The van der Waals surface area contributed by atoms with Crippen molar-refractivity contribution in [2.45, 2.75) is 72.1 Å². The Balaban J connectivity index is 0.00000227. The Morgan fingerprint density at radius 1 is 1.16 bits per heavy atom. The largest absolute Gasteiger partial charge is 0.444 e. The molecule has 2 rings (SSSR count). The summed E-state index contributed by atoms with van der Waals surface area (Å²) in [4.78, 5) is 18.7. The quantitative estimate of drug-likeness (QED) is 0.470. The van der Waals surface area contributed by atoms with Crippen LogP contribution in [0.3, 0.4) is 0 Å². The van der Waals surface area contributed by atoms with Gasteiger partial charge < -0.3 is 20.5 Å². The zero-order valence-electron chi connectivity index (χ0n) is 20.6. The maximum Gasteiger partial charge on any atom is 0.410 e. The number of hydrogen-bond acceptors (Lipinski definition) is 6. The van der Waals surface area contributed by atoms with Crippen LogP contribution in [-0.2, 0) is 11.2 Å². The third kappa shape index (κ3) is 10.4. The Kier molecular flexibility index (Phi) is 14.4. The van der Waals surface area contributed by atoms with E-state index in [1.54, 1.807) is 23.4 Å². The molecule has 0 aliphatic carbocycles. The van der Waals surface area contributed by atoms with E-state index in [1.165, 1.54) is 0 Å². The van der Waals surface area contributed by atoms with Crippen molar-refractivity contribution < 1.29 is 14.6 Å². The number of nitrogens with two attached hydrogens (primary N) is 1. The molecule has 1 aromatic heterocycles. The van der Waals surface area contributed by atoms with Gasteiger partial charge in [-0.2, -0.15) is 12.6 Å². The SMILES string of the molecule is CC.CC[C@H](C(O)c1ccccc1)N(CCc1ccc(N)nc1)C(=O)OC(C)(C)C.CS. The summed E-state index contributed by atoms with van der Waals surface area (Å²) in [6.07, 6.45) is 3.35. The molecule has 0 saturated carbocycles. The summed E-state index contributed by atoms with van der Waals surface area (Å²) in [6, 6.07) is 12.6. The number of rotatable bonds is 7. The van der Waals surface area contributed by atoms with Gasteiger partial charge in [0, 0.05) is 12.7 Å². The molecule has 0 bridgehead atoms. The van der Waals surface area contributed by atoms with Crippen molar-refractivity contribution in [3.8, 4) is 0 Å². The fourth-order valence-corrected chi connectivity index (χ4v) is 3.03. The second kappa shape index (κ2) is 15.5. The smallest absolute Gasteiger partial charge is 0.410 e. The van der Waals surface area contributed by atoms with Gasteiger partial charge in [-0.15, -0.1) is 0 Å². The fraction of sp³-hybridized carbons (Fsp3) is 0.520. The van der Waals surface area contributed by atoms with Crippen molar-refractivity contribution in [2.24, 2.45) is 0 Å². The van der Waals surface area contributed by atoms with Gasteiger partial charge >= 0.3 is 6.09 Å². The highest BCUT2D eigenvalue weighted by Gasteiger charge is 2.32. The molecule has 2 aromatic rings. The molecule has 0 radical (unpaired) electrons. The molecule has 0 aliphatic heterocycles. The first kappa shape index (κ1) is 29.8. The van der Waals surface area contributed by atoms with Gasteiger partial charge in [0.15, 0.2) is 0 Å². The summed E-state index contributed by atoms with van der Waals surface area (Å²) in [5, 5.41) is 11.0. The highest BCUT2D eigenvalue weighted by atomic mass is 32.1. The van der Waals surface area contributed by atoms with Crippen molar-refractivity contribution in [1.29, 1.82) is 0 Å². The monoisotopic (exact) mass is 463 g/mol. The minimum absolute atomic E-state index is 0.404. The molecule has 1 aromatic carbocycles. The Morgan fingerprint density at radius 2 is 1.75 bits per heavy atom. The third-order valence-electron chi connectivity index (χ3n) is 4.44. The van der Waals surface area contributed by atoms with Gasteiger partial charge in [-0.3, -0.25) is 0 Å². The predicted molar refractivity (Wildman–Crippen MR) is 137 cm³/mol. The van der Waals surface area contributed by atoms with E-state index < -0.39 is 23.8 Å². The zero-order valence-corrected chi connectivity index (χ0v) is 21.5. The Hall–Kier alpha value is -2.25. The summed E-state index contributed by atoms with van der Waals surface area (Å²) in [5.74, 6) is 0.457. The summed E-state index contributed by atoms with van der Waals surface area (Å²) in [7, 11) is 0. The first-order valence-electron chi connectivity index (χ1n) is 11.1. The number of thiol groups is 1. The van der Waals surface area contributed by atoms with Crippen LogP contribution in [0.5, 0.6) is 0 Å². The van der Waals surface area contributed by atoms with E-state index in [9.17, 15) is 9.90 Å². The highest BCUT2D eigenvalue weighted by Crippen LogP contribution is 2.25. The van der Waals surface area contributed by atoms with E-state index in [2.05, 4.69) is 17.6 Å². The molecule has 0 spiro atoms. The standard InChI is InChI=1S/C22H31N3O3.C2H6.CH4S/c1-5-18(20(26)17-9-7-6-8-10-17)25(21(27)28-22(2,3)4)14-13-16-11-12-19(23)24-15-16;2*1-2/h6-12,15,18,20,26H,5,13-14H2,1-4H3,(H2,23,24);1-2H3;2H,1H3/t18-,20?;;/m1../s1. The molecule has 0 aliphatic rings. The molecule has 0 fully saturated rings. The number of benzene rings is 1. The van der Waals surface area contributed by atoms with Crippen LogP contribution in [0.2, 0.25) is 0 Å². The van der Waals surface area contributed by atoms with Crippen LogP contribution in [0.15, 0.2) is 48.7 Å². The zero-order chi connectivity index (χ0) is 24.7. The first-order chi connectivity index (χ1) is 15.2. The average Bonchev–Trinajstić information content (AvgIpc) is 2.79. The second-order valence-electron chi connectivity index (χ2n) is 7.85. The van der Waals surface area contributed by atoms with Crippen molar-refractivity contribution >= 4 is 24.5 Å². The highest BCUT2D eigenvalue weighted by molar-refractivity contribution is 7.79. The number of hydrogen-bond donors (Lipinski definition) is 3. The fourth-order valence-electron chi connectivity index (χ4n) is 3.03. The number of anilines is 1.